The van der Waals surface area contributed by atoms with E-state index in [0.29, 0.717) is 28.0 Å². The van der Waals surface area contributed by atoms with Crippen molar-refractivity contribution in [2.45, 2.75) is 13.8 Å². The molecule has 1 amide bonds. The summed E-state index contributed by atoms with van der Waals surface area (Å²) in [6.07, 6.45) is 0. The van der Waals surface area contributed by atoms with Crippen LogP contribution < -0.4 is 10.1 Å². The number of methoxy groups -OCH3 is 1. The Morgan fingerprint density at radius 3 is 2.55 bits per heavy atom. The maximum Gasteiger partial charge on any atom is 0.336 e. The van der Waals surface area contributed by atoms with Gasteiger partial charge in [0.25, 0.3) is 0 Å². The third-order valence-corrected chi connectivity index (χ3v) is 2.77. The lowest BCUT2D eigenvalue weighted by molar-refractivity contribution is -0.114. The van der Waals surface area contributed by atoms with Gasteiger partial charge in [0.15, 0.2) is 0 Å². The van der Waals surface area contributed by atoms with E-state index in [-0.39, 0.29) is 11.5 Å². The van der Waals surface area contributed by atoms with Gasteiger partial charge in [0.2, 0.25) is 5.91 Å². The Hall–Kier alpha value is -2.63. The number of amides is 1. The van der Waals surface area contributed by atoms with Crippen LogP contribution in [0.4, 0.5) is 5.69 Å². The van der Waals surface area contributed by atoms with Gasteiger partial charge in [0.1, 0.15) is 5.75 Å². The molecule has 0 aliphatic heterocycles. The van der Waals surface area contributed by atoms with Crippen LogP contribution >= 0.6 is 0 Å². The number of nitrogens with zero attached hydrogens (tertiary/aromatic N) is 1. The van der Waals surface area contributed by atoms with Gasteiger partial charge in [-0.15, -0.1) is 0 Å². The Kier molecular flexibility index (Phi) is 3.56. The lowest BCUT2D eigenvalue weighted by Gasteiger charge is -2.12. The SMILES string of the molecule is COc1cc(NC(C)=O)cc2nc(C)cc(C(=O)O)c12. The second kappa shape index (κ2) is 5.16. The third-order valence-electron chi connectivity index (χ3n) is 2.77. The summed E-state index contributed by atoms with van der Waals surface area (Å²) in [5.74, 6) is -0.917. The highest BCUT2D eigenvalue weighted by Gasteiger charge is 2.16. The molecule has 0 aliphatic carbocycles. The quantitative estimate of drug-likeness (QED) is 0.895. The van der Waals surface area contributed by atoms with Gasteiger partial charge in [-0.3, -0.25) is 9.78 Å². The van der Waals surface area contributed by atoms with Crippen molar-refractivity contribution in [2.24, 2.45) is 0 Å². The normalized spacial score (nSPS) is 10.3. The lowest BCUT2D eigenvalue weighted by atomic mass is 10.1. The molecule has 2 aromatic rings. The Morgan fingerprint density at radius 2 is 2.00 bits per heavy atom. The van der Waals surface area contributed by atoms with E-state index in [1.165, 1.54) is 20.1 Å². The second-order valence-corrected chi connectivity index (χ2v) is 4.37. The summed E-state index contributed by atoms with van der Waals surface area (Å²) in [6, 6.07) is 4.69. The lowest BCUT2D eigenvalue weighted by Crippen LogP contribution is -2.07. The fourth-order valence-electron chi connectivity index (χ4n) is 2.07. The van der Waals surface area contributed by atoms with Gasteiger partial charge in [-0.1, -0.05) is 0 Å². The number of aromatic carboxylic acids is 1. The Labute approximate surface area is 115 Å². The molecule has 20 heavy (non-hydrogen) atoms. The topological polar surface area (TPSA) is 88.5 Å². The van der Waals surface area contributed by atoms with E-state index in [2.05, 4.69) is 10.3 Å². The minimum absolute atomic E-state index is 0.124. The van der Waals surface area contributed by atoms with Crippen molar-refractivity contribution in [2.75, 3.05) is 12.4 Å². The summed E-state index contributed by atoms with van der Waals surface area (Å²) in [7, 11) is 1.44. The molecule has 104 valence electrons. The van der Waals surface area contributed by atoms with E-state index in [0.717, 1.165) is 0 Å². The highest BCUT2D eigenvalue weighted by Crippen LogP contribution is 2.32. The monoisotopic (exact) mass is 274 g/mol. The fourth-order valence-corrected chi connectivity index (χ4v) is 2.07. The Bertz CT molecular complexity index is 710. The van der Waals surface area contributed by atoms with E-state index >= 15 is 0 Å². The van der Waals surface area contributed by atoms with Gasteiger partial charge in [0.05, 0.1) is 23.6 Å². The summed E-state index contributed by atoms with van der Waals surface area (Å²) < 4.78 is 5.23. The minimum Gasteiger partial charge on any atom is -0.496 e. The summed E-state index contributed by atoms with van der Waals surface area (Å²) >= 11 is 0. The van der Waals surface area contributed by atoms with Crippen molar-refractivity contribution >= 4 is 28.5 Å². The Morgan fingerprint density at radius 1 is 1.30 bits per heavy atom. The van der Waals surface area contributed by atoms with E-state index < -0.39 is 5.97 Å². The van der Waals surface area contributed by atoms with Crippen LogP contribution in [0, 0.1) is 6.92 Å². The number of carbonyl (C=O) groups excluding carboxylic acids is 1. The molecule has 0 bridgehead atoms. The number of carboxylic acid groups (broad SMARTS) is 1. The van der Waals surface area contributed by atoms with Crippen LogP contribution in [0.5, 0.6) is 5.75 Å². The average molecular weight is 274 g/mol. The number of carboxylic acids is 1. The largest absolute Gasteiger partial charge is 0.496 e. The molecule has 2 rings (SSSR count). The molecule has 0 saturated carbocycles. The van der Waals surface area contributed by atoms with Crippen LogP contribution in [0.15, 0.2) is 18.2 Å². The van der Waals surface area contributed by atoms with Gasteiger partial charge in [-0.25, -0.2) is 4.79 Å². The number of ether oxygens (including phenoxy) is 1. The molecule has 0 unspecified atom stereocenters. The van der Waals surface area contributed by atoms with E-state index in [4.69, 9.17) is 4.74 Å². The number of hydrogen-bond acceptors (Lipinski definition) is 4. The number of aromatic nitrogens is 1. The van der Waals surface area contributed by atoms with Crippen molar-refractivity contribution < 1.29 is 19.4 Å². The molecule has 0 saturated heterocycles. The Balaban J connectivity index is 2.79. The number of anilines is 1. The molecule has 2 N–H and O–H groups in total. The maximum atomic E-state index is 11.3. The molecule has 0 aliphatic rings. The van der Waals surface area contributed by atoms with Crippen LogP contribution in [0.3, 0.4) is 0 Å². The second-order valence-electron chi connectivity index (χ2n) is 4.37. The number of nitrogens with one attached hydrogen (secondary N) is 1. The van der Waals surface area contributed by atoms with E-state index in [9.17, 15) is 14.7 Å². The molecule has 0 spiro atoms. The van der Waals surface area contributed by atoms with Crippen molar-refractivity contribution in [3.05, 3.63) is 29.5 Å². The molecule has 1 aromatic heterocycles. The summed E-state index contributed by atoms with van der Waals surface area (Å²) in [6.45, 7) is 3.10. The van der Waals surface area contributed by atoms with Crippen molar-refractivity contribution in [3.63, 3.8) is 0 Å². The molecule has 6 nitrogen and oxygen atoms in total. The molecule has 0 radical (unpaired) electrons. The first-order valence-corrected chi connectivity index (χ1v) is 5.92. The molecule has 0 fully saturated rings. The van der Waals surface area contributed by atoms with Crippen molar-refractivity contribution in [1.29, 1.82) is 0 Å². The van der Waals surface area contributed by atoms with Crippen molar-refractivity contribution in [3.8, 4) is 5.75 Å². The number of benzene rings is 1. The minimum atomic E-state index is -1.05. The zero-order valence-corrected chi connectivity index (χ0v) is 11.4. The van der Waals surface area contributed by atoms with Gasteiger partial charge < -0.3 is 15.2 Å². The predicted molar refractivity (Wildman–Crippen MR) is 74.3 cm³/mol. The van der Waals surface area contributed by atoms with Crippen LogP contribution in [-0.4, -0.2) is 29.1 Å². The standard InChI is InChI=1S/C14H14N2O4/c1-7-4-10(14(18)19)13-11(15-7)5-9(16-8(2)17)6-12(13)20-3/h4-6H,1-3H3,(H,16,17)(H,18,19). The molecular formula is C14H14N2O4. The van der Waals surface area contributed by atoms with E-state index in [1.54, 1.807) is 19.1 Å². The zero-order chi connectivity index (χ0) is 14.9. The third kappa shape index (κ3) is 2.54. The van der Waals surface area contributed by atoms with Crippen LogP contribution in [0.25, 0.3) is 10.9 Å². The van der Waals surface area contributed by atoms with Crippen LogP contribution in [0.2, 0.25) is 0 Å². The highest BCUT2D eigenvalue weighted by molar-refractivity contribution is 6.07. The number of hydrogen-bond donors (Lipinski definition) is 2. The molecule has 1 aromatic carbocycles. The van der Waals surface area contributed by atoms with Gasteiger partial charge >= 0.3 is 5.97 Å². The maximum absolute atomic E-state index is 11.3. The van der Waals surface area contributed by atoms with Crippen molar-refractivity contribution in [1.82, 2.24) is 4.98 Å². The van der Waals surface area contributed by atoms with Gasteiger partial charge in [-0.2, -0.15) is 0 Å². The molecule has 1 heterocycles. The summed E-state index contributed by atoms with van der Waals surface area (Å²) in [5.41, 5.74) is 1.68. The van der Waals surface area contributed by atoms with Gasteiger partial charge in [0, 0.05) is 24.4 Å². The summed E-state index contributed by atoms with van der Waals surface area (Å²) in [4.78, 5) is 26.8. The van der Waals surface area contributed by atoms with E-state index in [1.807, 2.05) is 0 Å². The number of carbonyl (C=O) groups is 2. The number of pyridine rings is 1. The first-order valence-electron chi connectivity index (χ1n) is 5.92. The predicted octanol–water partition coefficient (Wildman–Crippen LogP) is 2.21. The smallest absolute Gasteiger partial charge is 0.336 e. The first-order chi connectivity index (χ1) is 9.42. The molecular weight excluding hydrogens is 260 g/mol. The zero-order valence-electron chi connectivity index (χ0n) is 11.4. The fraction of sp³-hybridized carbons (Fsp3) is 0.214. The number of rotatable bonds is 3. The first kappa shape index (κ1) is 13.8. The highest BCUT2D eigenvalue weighted by atomic mass is 16.5. The molecule has 6 heteroatoms. The number of aryl methyl sites for hydroxylation is 1. The van der Waals surface area contributed by atoms with Crippen LogP contribution in [-0.2, 0) is 4.79 Å². The average Bonchev–Trinajstić information content (AvgIpc) is 2.35. The number of fused-ring (bicyclic) bond motifs is 1. The summed E-state index contributed by atoms with van der Waals surface area (Å²) in [5, 5.41) is 12.3. The van der Waals surface area contributed by atoms with Gasteiger partial charge in [-0.05, 0) is 19.1 Å². The van der Waals surface area contributed by atoms with Crippen LogP contribution in [0.1, 0.15) is 23.0 Å². The molecule has 0 atom stereocenters.